The lowest BCUT2D eigenvalue weighted by Gasteiger charge is -2.32. The van der Waals surface area contributed by atoms with Crippen LogP contribution in [0.25, 0.3) is 11.1 Å². The van der Waals surface area contributed by atoms with E-state index < -0.39 is 8.07 Å². The fourth-order valence-electron chi connectivity index (χ4n) is 5.77. The molecule has 27 heavy (non-hydrogen) atoms. The first-order valence-corrected chi connectivity index (χ1v) is 13.3. The Hall–Kier alpha value is -1.86. The Morgan fingerprint density at radius 2 is 1.00 bits per heavy atom. The van der Waals surface area contributed by atoms with E-state index in [-0.39, 0.29) is 0 Å². The van der Waals surface area contributed by atoms with Gasteiger partial charge in [-0.05, 0) is 72.2 Å². The molecule has 0 nitrogen and oxygen atoms in total. The molecular weight excluding hydrogens is 340 g/mol. The quantitative estimate of drug-likeness (QED) is 0.553. The second kappa shape index (κ2) is 6.07. The number of allylic oxidation sites excluding steroid dienone is 4. The molecule has 140 valence electrons. The van der Waals surface area contributed by atoms with Crippen LogP contribution >= 0.6 is 0 Å². The van der Waals surface area contributed by atoms with Crippen LogP contribution in [-0.2, 0) is 0 Å². The van der Waals surface area contributed by atoms with Crippen molar-refractivity contribution in [3.05, 3.63) is 69.8 Å². The van der Waals surface area contributed by atoms with Crippen molar-refractivity contribution in [1.82, 2.24) is 0 Å². The van der Waals surface area contributed by atoms with E-state index in [1.54, 1.807) is 21.5 Å². The van der Waals surface area contributed by atoms with E-state index in [9.17, 15) is 0 Å². The minimum absolute atomic E-state index is 0.525. The molecule has 2 atom stereocenters. The Balaban J connectivity index is 1.97. The van der Waals surface area contributed by atoms with Crippen LogP contribution in [-0.4, -0.2) is 8.07 Å². The molecule has 0 heterocycles. The zero-order chi connectivity index (χ0) is 19.7. The fourth-order valence-corrected chi connectivity index (χ4v) is 9.11. The molecule has 0 fully saturated rings. The lowest BCUT2D eigenvalue weighted by molar-refractivity contribution is 0.990. The molecule has 0 bridgehead atoms. The first-order valence-electron chi connectivity index (χ1n) is 10.3. The minimum atomic E-state index is -1.82. The van der Waals surface area contributed by atoms with Crippen molar-refractivity contribution in [2.24, 2.45) is 0 Å². The van der Waals surface area contributed by atoms with E-state index in [0.717, 1.165) is 0 Å². The van der Waals surface area contributed by atoms with Gasteiger partial charge < -0.3 is 0 Å². The van der Waals surface area contributed by atoms with Crippen molar-refractivity contribution >= 4 is 29.6 Å². The highest BCUT2D eigenvalue weighted by molar-refractivity contribution is 7.01. The summed E-state index contributed by atoms with van der Waals surface area (Å²) in [5.74, 6) is 1.05. The molecule has 0 amide bonds. The zero-order valence-corrected chi connectivity index (χ0v) is 19.1. The highest BCUT2D eigenvalue weighted by Crippen LogP contribution is 2.40. The number of hydrogen-bond acceptors (Lipinski definition) is 0. The van der Waals surface area contributed by atoms with Gasteiger partial charge in [0.15, 0.2) is 0 Å². The maximum Gasteiger partial charge on any atom is 0.113 e. The number of benzene rings is 2. The van der Waals surface area contributed by atoms with Gasteiger partial charge in [0.05, 0.1) is 0 Å². The second-order valence-electron chi connectivity index (χ2n) is 9.34. The van der Waals surface area contributed by atoms with E-state index >= 15 is 0 Å². The molecule has 0 spiro atoms. The largest absolute Gasteiger partial charge is 0.113 e. The molecule has 2 aromatic carbocycles. The third kappa shape index (κ3) is 2.55. The average molecular weight is 373 g/mol. The van der Waals surface area contributed by atoms with Gasteiger partial charge in [-0.1, -0.05) is 73.7 Å². The lowest BCUT2D eigenvalue weighted by atomic mass is 9.97. The highest BCUT2D eigenvalue weighted by Gasteiger charge is 2.37. The molecule has 2 aliphatic carbocycles. The maximum atomic E-state index is 2.56. The first kappa shape index (κ1) is 18.5. The summed E-state index contributed by atoms with van der Waals surface area (Å²) in [7, 11) is -1.82. The van der Waals surface area contributed by atoms with Crippen LogP contribution in [0.4, 0.5) is 0 Å². The van der Waals surface area contributed by atoms with E-state index in [0.29, 0.717) is 11.8 Å². The van der Waals surface area contributed by atoms with Crippen molar-refractivity contribution in [3.63, 3.8) is 0 Å². The predicted octanol–water partition coefficient (Wildman–Crippen LogP) is 6.17. The van der Waals surface area contributed by atoms with Gasteiger partial charge in [-0.25, -0.2) is 0 Å². The molecule has 0 N–H and O–H groups in total. The van der Waals surface area contributed by atoms with Gasteiger partial charge in [0, 0.05) is 11.8 Å². The first-order chi connectivity index (χ1) is 12.6. The Kier molecular flexibility index (Phi) is 4.16. The summed E-state index contributed by atoms with van der Waals surface area (Å²) in [6, 6.07) is 9.63. The molecule has 2 aliphatic rings. The van der Waals surface area contributed by atoms with Gasteiger partial charge in [0.25, 0.3) is 0 Å². The molecule has 0 aliphatic heterocycles. The van der Waals surface area contributed by atoms with Crippen molar-refractivity contribution < 1.29 is 0 Å². The smallest absolute Gasteiger partial charge is 0.0737 e. The topological polar surface area (TPSA) is 0 Å². The minimum Gasteiger partial charge on any atom is -0.0737 e. The Morgan fingerprint density at radius 1 is 0.630 bits per heavy atom. The SMILES string of the molecule is CC1=CC(C)c2c([Si](C)(C)c3ccc(C)c4c3C(C)C=C4C)ccc(C)c21. The number of fused-ring (bicyclic) bond motifs is 2. The summed E-state index contributed by atoms with van der Waals surface area (Å²) < 4.78 is 0. The molecule has 0 aromatic heterocycles. The molecule has 2 unspecified atom stereocenters. The van der Waals surface area contributed by atoms with Gasteiger partial charge >= 0.3 is 0 Å². The number of rotatable bonds is 2. The van der Waals surface area contributed by atoms with Gasteiger partial charge in [0.2, 0.25) is 0 Å². The molecule has 4 rings (SSSR count). The van der Waals surface area contributed by atoms with E-state index in [4.69, 9.17) is 0 Å². The average Bonchev–Trinajstić information content (AvgIpc) is 3.05. The van der Waals surface area contributed by atoms with Crippen LogP contribution in [0.3, 0.4) is 0 Å². The standard InChI is InChI=1S/C26H32Si/c1-15-9-11-21(25-19(5)13-17(3)23(15)25)27(7,8)22-12-10-16(2)24-18(4)14-20(6)26(22)24/h9-14,19-20H,1-8H3. The van der Waals surface area contributed by atoms with E-state index in [1.165, 1.54) is 33.4 Å². The maximum absolute atomic E-state index is 2.56. The van der Waals surface area contributed by atoms with Gasteiger partial charge in [-0.3, -0.25) is 0 Å². The summed E-state index contributed by atoms with van der Waals surface area (Å²) >= 11 is 0. The van der Waals surface area contributed by atoms with Crippen molar-refractivity contribution in [3.8, 4) is 0 Å². The Labute approximate surface area is 166 Å². The molecule has 2 aromatic rings. The van der Waals surface area contributed by atoms with Crippen molar-refractivity contribution in [1.29, 1.82) is 0 Å². The second-order valence-corrected chi connectivity index (χ2v) is 13.7. The Bertz CT molecular complexity index is 935. The Morgan fingerprint density at radius 3 is 1.37 bits per heavy atom. The van der Waals surface area contributed by atoms with Gasteiger partial charge in [0.1, 0.15) is 8.07 Å². The third-order valence-corrected chi connectivity index (χ3v) is 10.5. The van der Waals surface area contributed by atoms with Gasteiger partial charge in [-0.15, -0.1) is 0 Å². The third-order valence-electron chi connectivity index (χ3n) is 6.95. The van der Waals surface area contributed by atoms with Crippen molar-refractivity contribution in [2.75, 3.05) is 0 Å². The van der Waals surface area contributed by atoms with E-state index in [1.807, 2.05) is 0 Å². The number of hydrogen-bond donors (Lipinski definition) is 0. The molecule has 0 saturated carbocycles. The van der Waals surface area contributed by atoms with Crippen LogP contribution in [0.2, 0.25) is 13.1 Å². The molecule has 0 saturated heterocycles. The van der Waals surface area contributed by atoms with Crippen LogP contribution in [0.15, 0.2) is 36.4 Å². The van der Waals surface area contributed by atoms with Crippen molar-refractivity contribution in [2.45, 2.75) is 66.5 Å². The predicted molar refractivity (Wildman–Crippen MR) is 123 cm³/mol. The summed E-state index contributed by atoms with van der Waals surface area (Å²) in [4.78, 5) is 0. The summed E-state index contributed by atoms with van der Waals surface area (Å²) in [6.07, 6.45) is 4.92. The molecular formula is C26H32Si. The lowest BCUT2D eigenvalue weighted by Crippen LogP contribution is -2.56. The molecule has 0 radical (unpaired) electrons. The number of aryl methyl sites for hydroxylation is 2. The fraction of sp³-hybridized carbons (Fsp3) is 0.385. The normalized spacial score (nSPS) is 21.0. The summed E-state index contributed by atoms with van der Waals surface area (Å²) in [5.41, 5.74) is 12.0. The van der Waals surface area contributed by atoms with Crippen LogP contribution in [0.5, 0.6) is 0 Å². The molecule has 1 heteroatoms. The highest BCUT2D eigenvalue weighted by atomic mass is 28.3. The van der Waals surface area contributed by atoms with E-state index in [2.05, 4.69) is 91.1 Å². The van der Waals surface area contributed by atoms with Crippen LogP contribution in [0.1, 0.15) is 72.9 Å². The van der Waals surface area contributed by atoms with Crippen LogP contribution in [0, 0.1) is 13.8 Å². The summed E-state index contributed by atoms with van der Waals surface area (Å²) in [6.45, 7) is 19.0. The van der Waals surface area contributed by atoms with Gasteiger partial charge in [-0.2, -0.15) is 0 Å². The zero-order valence-electron chi connectivity index (χ0n) is 18.1. The monoisotopic (exact) mass is 372 g/mol. The van der Waals surface area contributed by atoms with Crippen LogP contribution < -0.4 is 10.4 Å². The summed E-state index contributed by atoms with van der Waals surface area (Å²) in [5, 5.41) is 3.26.